The van der Waals surface area contributed by atoms with Crippen LogP contribution in [0.4, 0.5) is 0 Å². The van der Waals surface area contributed by atoms with Gasteiger partial charge in [0, 0.05) is 12.6 Å². The third-order valence-electron chi connectivity index (χ3n) is 4.05. The van der Waals surface area contributed by atoms with Crippen LogP contribution >= 0.6 is 12.4 Å². The molecule has 1 N–H and O–H groups in total. The molecule has 1 amide bonds. The average molecular weight is 311 g/mol. The van der Waals surface area contributed by atoms with Gasteiger partial charge >= 0.3 is 0 Å². The minimum absolute atomic E-state index is 0. The van der Waals surface area contributed by atoms with E-state index in [9.17, 15) is 4.79 Å². The summed E-state index contributed by atoms with van der Waals surface area (Å²) in [7, 11) is 0. The number of benzene rings is 1. The van der Waals surface area contributed by atoms with Crippen molar-refractivity contribution in [2.75, 3.05) is 13.1 Å². The molecule has 118 valence electrons. The third-order valence-corrected chi connectivity index (χ3v) is 4.05. The second kappa shape index (κ2) is 9.06. The van der Waals surface area contributed by atoms with E-state index in [1.165, 1.54) is 18.4 Å². The number of hydrogen-bond acceptors (Lipinski definition) is 2. The topological polar surface area (TPSA) is 32.3 Å². The maximum absolute atomic E-state index is 12.4. The van der Waals surface area contributed by atoms with Crippen LogP contribution in [0.15, 0.2) is 30.3 Å². The Bertz CT molecular complexity index is 420. The molecule has 1 atom stereocenters. The maximum Gasteiger partial charge on any atom is 0.237 e. The number of carbonyl (C=O) groups excluding carboxylic acids is 1. The molecule has 1 fully saturated rings. The van der Waals surface area contributed by atoms with E-state index in [2.05, 4.69) is 31.3 Å². The Morgan fingerprint density at radius 3 is 2.57 bits per heavy atom. The Morgan fingerprint density at radius 2 is 2.00 bits per heavy atom. The van der Waals surface area contributed by atoms with Gasteiger partial charge in [0.2, 0.25) is 5.91 Å². The van der Waals surface area contributed by atoms with Crippen molar-refractivity contribution in [3.63, 3.8) is 0 Å². The standard InChI is InChI=1S/C17H26N2O.ClH/c1-3-14(2)19(13-16-7-5-4-6-8-16)17(20)12-18-11-15-9-10-15;/h4-8,14-15,18H,3,9-13H2,1-2H3;1H. The summed E-state index contributed by atoms with van der Waals surface area (Å²) in [6.45, 7) is 6.42. The molecule has 4 heteroatoms. The second-order valence-electron chi connectivity index (χ2n) is 5.84. The molecule has 2 rings (SSSR count). The SMILES string of the molecule is CCC(C)N(Cc1ccccc1)C(=O)CNCC1CC1.Cl. The van der Waals surface area contributed by atoms with Crippen LogP contribution in [0.5, 0.6) is 0 Å². The van der Waals surface area contributed by atoms with Crippen molar-refractivity contribution in [3.8, 4) is 0 Å². The van der Waals surface area contributed by atoms with Gasteiger partial charge in [-0.2, -0.15) is 0 Å². The van der Waals surface area contributed by atoms with Crippen LogP contribution < -0.4 is 5.32 Å². The van der Waals surface area contributed by atoms with E-state index in [1.54, 1.807) is 0 Å². The molecule has 0 heterocycles. The van der Waals surface area contributed by atoms with Gasteiger partial charge < -0.3 is 10.2 Å². The van der Waals surface area contributed by atoms with Crippen LogP contribution in [0, 0.1) is 5.92 Å². The predicted octanol–water partition coefficient (Wildman–Crippen LogP) is 3.24. The van der Waals surface area contributed by atoms with E-state index in [0.29, 0.717) is 13.1 Å². The molecule has 0 saturated heterocycles. The van der Waals surface area contributed by atoms with Crippen molar-refractivity contribution in [1.82, 2.24) is 10.2 Å². The van der Waals surface area contributed by atoms with Gasteiger partial charge in [-0.1, -0.05) is 37.3 Å². The molecule has 21 heavy (non-hydrogen) atoms. The molecule has 0 radical (unpaired) electrons. The molecule has 1 aliphatic carbocycles. The quantitative estimate of drug-likeness (QED) is 0.799. The summed E-state index contributed by atoms with van der Waals surface area (Å²) in [5.74, 6) is 1.03. The lowest BCUT2D eigenvalue weighted by molar-refractivity contribution is -0.133. The van der Waals surface area contributed by atoms with Gasteiger partial charge in [0.25, 0.3) is 0 Å². The molecule has 1 saturated carbocycles. The summed E-state index contributed by atoms with van der Waals surface area (Å²) in [6.07, 6.45) is 3.63. The molecule has 1 aromatic rings. The highest BCUT2D eigenvalue weighted by Crippen LogP contribution is 2.27. The van der Waals surface area contributed by atoms with Crippen molar-refractivity contribution >= 4 is 18.3 Å². The van der Waals surface area contributed by atoms with Crippen LogP contribution in [0.3, 0.4) is 0 Å². The van der Waals surface area contributed by atoms with Gasteiger partial charge in [-0.05, 0) is 44.2 Å². The van der Waals surface area contributed by atoms with E-state index in [-0.39, 0.29) is 24.4 Å². The Labute approximate surface area is 134 Å². The molecule has 3 nitrogen and oxygen atoms in total. The summed E-state index contributed by atoms with van der Waals surface area (Å²) in [5.41, 5.74) is 1.20. The number of amides is 1. The first-order valence-corrected chi connectivity index (χ1v) is 7.74. The van der Waals surface area contributed by atoms with Crippen molar-refractivity contribution in [1.29, 1.82) is 0 Å². The highest BCUT2D eigenvalue weighted by atomic mass is 35.5. The van der Waals surface area contributed by atoms with Gasteiger partial charge in [0.15, 0.2) is 0 Å². The third kappa shape index (κ3) is 6.06. The van der Waals surface area contributed by atoms with Gasteiger partial charge in [-0.3, -0.25) is 4.79 Å². The van der Waals surface area contributed by atoms with E-state index >= 15 is 0 Å². The highest BCUT2D eigenvalue weighted by molar-refractivity contribution is 5.85. The van der Waals surface area contributed by atoms with Gasteiger partial charge in [-0.25, -0.2) is 0 Å². The summed E-state index contributed by atoms with van der Waals surface area (Å²) in [4.78, 5) is 14.4. The van der Waals surface area contributed by atoms with E-state index in [1.807, 2.05) is 23.1 Å². The van der Waals surface area contributed by atoms with Crippen molar-refractivity contribution in [3.05, 3.63) is 35.9 Å². The number of nitrogens with one attached hydrogen (secondary N) is 1. The fourth-order valence-electron chi connectivity index (χ4n) is 2.30. The number of rotatable bonds is 8. The number of carbonyl (C=O) groups is 1. The monoisotopic (exact) mass is 310 g/mol. The maximum atomic E-state index is 12.4. The molecular formula is C17H27ClN2O. The molecule has 0 aliphatic heterocycles. The fourth-order valence-corrected chi connectivity index (χ4v) is 2.30. The van der Waals surface area contributed by atoms with Crippen molar-refractivity contribution in [2.24, 2.45) is 5.92 Å². The summed E-state index contributed by atoms with van der Waals surface area (Å²) >= 11 is 0. The Kier molecular flexibility index (Phi) is 7.76. The zero-order chi connectivity index (χ0) is 14.4. The molecule has 1 unspecified atom stereocenters. The van der Waals surface area contributed by atoms with E-state index in [0.717, 1.165) is 18.9 Å². The van der Waals surface area contributed by atoms with Gasteiger partial charge in [0.1, 0.15) is 0 Å². The van der Waals surface area contributed by atoms with Crippen molar-refractivity contribution in [2.45, 2.75) is 45.7 Å². The zero-order valence-corrected chi connectivity index (χ0v) is 13.9. The zero-order valence-electron chi connectivity index (χ0n) is 13.0. The van der Waals surface area contributed by atoms with Crippen LogP contribution in [0.1, 0.15) is 38.7 Å². The molecule has 0 bridgehead atoms. The van der Waals surface area contributed by atoms with Crippen LogP contribution in [0.2, 0.25) is 0 Å². The normalized spacial score (nSPS) is 15.1. The molecule has 1 aliphatic rings. The fraction of sp³-hybridized carbons (Fsp3) is 0.588. The smallest absolute Gasteiger partial charge is 0.237 e. The molecule has 1 aromatic carbocycles. The molecule has 0 aromatic heterocycles. The van der Waals surface area contributed by atoms with Crippen LogP contribution in [0.25, 0.3) is 0 Å². The largest absolute Gasteiger partial charge is 0.335 e. The van der Waals surface area contributed by atoms with Gasteiger partial charge in [0.05, 0.1) is 6.54 Å². The Hall–Kier alpha value is -1.06. The van der Waals surface area contributed by atoms with E-state index < -0.39 is 0 Å². The minimum atomic E-state index is 0. The van der Waals surface area contributed by atoms with Crippen LogP contribution in [-0.4, -0.2) is 29.9 Å². The lowest BCUT2D eigenvalue weighted by atomic mass is 10.1. The predicted molar refractivity (Wildman–Crippen MR) is 89.6 cm³/mol. The van der Waals surface area contributed by atoms with Crippen LogP contribution in [-0.2, 0) is 11.3 Å². The van der Waals surface area contributed by atoms with Gasteiger partial charge in [-0.15, -0.1) is 12.4 Å². The minimum Gasteiger partial charge on any atom is -0.335 e. The summed E-state index contributed by atoms with van der Waals surface area (Å²) in [5, 5.41) is 3.30. The first-order chi connectivity index (χ1) is 9.70. The molecule has 0 spiro atoms. The number of hydrogen-bond donors (Lipinski definition) is 1. The summed E-state index contributed by atoms with van der Waals surface area (Å²) in [6, 6.07) is 10.5. The Morgan fingerprint density at radius 1 is 1.33 bits per heavy atom. The van der Waals surface area contributed by atoms with Crippen molar-refractivity contribution < 1.29 is 4.79 Å². The average Bonchev–Trinajstić information content (AvgIpc) is 3.29. The lowest BCUT2D eigenvalue weighted by Gasteiger charge is -2.29. The lowest BCUT2D eigenvalue weighted by Crippen LogP contribution is -2.43. The summed E-state index contributed by atoms with van der Waals surface area (Å²) < 4.78 is 0. The number of nitrogens with zero attached hydrogens (tertiary/aromatic N) is 1. The number of halogens is 1. The molecular weight excluding hydrogens is 284 g/mol. The van der Waals surface area contributed by atoms with E-state index in [4.69, 9.17) is 0 Å². The highest BCUT2D eigenvalue weighted by Gasteiger charge is 2.22. The first kappa shape index (κ1) is 18.0. The second-order valence-corrected chi connectivity index (χ2v) is 5.84. The Balaban J connectivity index is 0.00000220. The first-order valence-electron chi connectivity index (χ1n) is 7.74.